The van der Waals surface area contributed by atoms with Crippen molar-refractivity contribution in [3.63, 3.8) is 0 Å². The molecule has 0 spiro atoms. The predicted octanol–water partition coefficient (Wildman–Crippen LogP) is 3.08. The third-order valence-corrected chi connectivity index (χ3v) is 3.73. The van der Waals surface area contributed by atoms with E-state index in [9.17, 15) is 0 Å². The maximum absolute atomic E-state index is 5.56. The van der Waals surface area contributed by atoms with Crippen molar-refractivity contribution >= 4 is 5.82 Å². The number of hydrogen-bond acceptors (Lipinski definition) is 4. The van der Waals surface area contributed by atoms with Gasteiger partial charge in [0.05, 0.1) is 20.3 Å². The lowest BCUT2D eigenvalue weighted by Crippen LogP contribution is -2.15. The Labute approximate surface area is 125 Å². The molecule has 0 bridgehead atoms. The molecule has 0 amide bonds. The van der Waals surface area contributed by atoms with Gasteiger partial charge in [0.15, 0.2) is 0 Å². The van der Waals surface area contributed by atoms with E-state index in [1.807, 2.05) is 19.1 Å². The SMILES string of the molecule is COc1ccc(CNc2nc(C)cc3c2COCC3)cc1. The van der Waals surface area contributed by atoms with Gasteiger partial charge in [-0.25, -0.2) is 4.98 Å². The minimum absolute atomic E-state index is 0.646. The minimum atomic E-state index is 0.646. The molecule has 110 valence electrons. The first-order valence-corrected chi connectivity index (χ1v) is 7.20. The molecule has 1 N–H and O–H groups in total. The van der Waals surface area contributed by atoms with Crippen LogP contribution in [-0.4, -0.2) is 18.7 Å². The predicted molar refractivity (Wildman–Crippen MR) is 82.7 cm³/mol. The van der Waals surface area contributed by atoms with Gasteiger partial charge in [0.25, 0.3) is 0 Å². The number of anilines is 1. The van der Waals surface area contributed by atoms with Gasteiger partial charge in [-0.15, -0.1) is 0 Å². The number of benzene rings is 1. The van der Waals surface area contributed by atoms with Crippen LogP contribution in [0.15, 0.2) is 30.3 Å². The largest absolute Gasteiger partial charge is 0.497 e. The normalized spacial score (nSPS) is 13.6. The van der Waals surface area contributed by atoms with Crippen molar-refractivity contribution in [3.8, 4) is 5.75 Å². The van der Waals surface area contributed by atoms with Crippen molar-refractivity contribution in [2.24, 2.45) is 0 Å². The molecule has 0 saturated heterocycles. The van der Waals surface area contributed by atoms with Crippen LogP contribution in [0.5, 0.6) is 5.75 Å². The van der Waals surface area contributed by atoms with E-state index in [0.29, 0.717) is 6.61 Å². The van der Waals surface area contributed by atoms with Crippen LogP contribution >= 0.6 is 0 Å². The first-order valence-electron chi connectivity index (χ1n) is 7.20. The summed E-state index contributed by atoms with van der Waals surface area (Å²) in [7, 11) is 1.68. The van der Waals surface area contributed by atoms with Gasteiger partial charge in [0.1, 0.15) is 11.6 Å². The third-order valence-electron chi connectivity index (χ3n) is 3.73. The molecule has 4 heteroatoms. The molecule has 2 heterocycles. The van der Waals surface area contributed by atoms with Crippen molar-refractivity contribution in [2.75, 3.05) is 19.0 Å². The Balaban J connectivity index is 1.76. The molecule has 0 aliphatic carbocycles. The molecular weight excluding hydrogens is 264 g/mol. The lowest BCUT2D eigenvalue weighted by molar-refractivity contribution is 0.111. The van der Waals surface area contributed by atoms with E-state index in [2.05, 4.69) is 28.5 Å². The molecule has 0 fully saturated rings. The highest BCUT2D eigenvalue weighted by atomic mass is 16.5. The summed E-state index contributed by atoms with van der Waals surface area (Å²) in [6, 6.07) is 10.2. The van der Waals surface area contributed by atoms with Crippen LogP contribution in [0.4, 0.5) is 5.82 Å². The van der Waals surface area contributed by atoms with Crippen molar-refractivity contribution in [1.29, 1.82) is 0 Å². The number of fused-ring (bicyclic) bond motifs is 1. The Hall–Kier alpha value is -2.07. The van der Waals surface area contributed by atoms with Gasteiger partial charge in [-0.2, -0.15) is 0 Å². The van der Waals surface area contributed by atoms with Crippen molar-refractivity contribution in [3.05, 3.63) is 52.7 Å². The number of aryl methyl sites for hydroxylation is 1. The summed E-state index contributed by atoms with van der Waals surface area (Å²) in [5.41, 5.74) is 4.80. The number of ether oxygens (including phenoxy) is 2. The lowest BCUT2D eigenvalue weighted by Gasteiger charge is -2.20. The van der Waals surface area contributed by atoms with Gasteiger partial charge in [-0.3, -0.25) is 0 Å². The van der Waals surface area contributed by atoms with Gasteiger partial charge in [-0.05, 0) is 42.7 Å². The lowest BCUT2D eigenvalue weighted by atomic mass is 10.0. The third kappa shape index (κ3) is 3.16. The molecule has 0 unspecified atom stereocenters. The zero-order valence-corrected chi connectivity index (χ0v) is 12.5. The fourth-order valence-electron chi connectivity index (χ4n) is 2.58. The molecule has 0 radical (unpaired) electrons. The number of rotatable bonds is 4. The van der Waals surface area contributed by atoms with E-state index in [0.717, 1.165) is 36.8 Å². The highest BCUT2D eigenvalue weighted by molar-refractivity contribution is 5.50. The van der Waals surface area contributed by atoms with E-state index < -0.39 is 0 Å². The average Bonchev–Trinajstić information content (AvgIpc) is 2.53. The van der Waals surface area contributed by atoms with Crippen LogP contribution < -0.4 is 10.1 Å². The second-order valence-corrected chi connectivity index (χ2v) is 5.25. The highest BCUT2D eigenvalue weighted by Gasteiger charge is 2.15. The van der Waals surface area contributed by atoms with E-state index in [4.69, 9.17) is 9.47 Å². The molecule has 2 aromatic rings. The van der Waals surface area contributed by atoms with E-state index >= 15 is 0 Å². The number of hydrogen-bond donors (Lipinski definition) is 1. The first-order chi connectivity index (χ1) is 10.3. The van der Waals surface area contributed by atoms with Gasteiger partial charge in [0.2, 0.25) is 0 Å². The van der Waals surface area contributed by atoms with Crippen LogP contribution in [0.25, 0.3) is 0 Å². The maximum atomic E-state index is 5.56. The first kappa shape index (κ1) is 13.9. The summed E-state index contributed by atoms with van der Waals surface area (Å²) >= 11 is 0. The topological polar surface area (TPSA) is 43.4 Å². The molecule has 1 aliphatic rings. The Morgan fingerprint density at radius 1 is 1.29 bits per heavy atom. The van der Waals surface area contributed by atoms with Crippen LogP contribution in [0.1, 0.15) is 22.4 Å². The molecule has 4 nitrogen and oxygen atoms in total. The van der Waals surface area contributed by atoms with Gasteiger partial charge >= 0.3 is 0 Å². The summed E-state index contributed by atoms with van der Waals surface area (Å²) in [5.74, 6) is 1.82. The zero-order chi connectivity index (χ0) is 14.7. The molecule has 1 aromatic carbocycles. The Morgan fingerprint density at radius 2 is 2.10 bits per heavy atom. The number of nitrogens with one attached hydrogen (secondary N) is 1. The fraction of sp³-hybridized carbons (Fsp3) is 0.353. The quantitative estimate of drug-likeness (QED) is 0.937. The fourth-order valence-corrected chi connectivity index (χ4v) is 2.58. The Kier molecular flexibility index (Phi) is 4.06. The second kappa shape index (κ2) is 6.14. The van der Waals surface area contributed by atoms with Crippen molar-refractivity contribution in [2.45, 2.75) is 26.5 Å². The van der Waals surface area contributed by atoms with E-state index in [1.54, 1.807) is 7.11 Å². The van der Waals surface area contributed by atoms with E-state index in [1.165, 1.54) is 16.7 Å². The Morgan fingerprint density at radius 3 is 2.86 bits per heavy atom. The molecular formula is C17H20N2O2. The van der Waals surface area contributed by atoms with Crippen LogP contribution in [0.2, 0.25) is 0 Å². The van der Waals surface area contributed by atoms with Gasteiger partial charge in [-0.1, -0.05) is 12.1 Å². The summed E-state index contributed by atoms with van der Waals surface area (Å²) in [6.45, 7) is 4.23. The number of aromatic nitrogens is 1. The summed E-state index contributed by atoms with van der Waals surface area (Å²) in [5, 5.41) is 3.44. The van der Waals surface area contributed by atoms with Crippen LogP contribution in [0.3, 0.4) is 0 Å². The van der Waals surface area contributed by atoms with Crippen LogP contribution in [0, 0.1) is 6.92 Å². The standard InChI is InChI=1S/C17H20N2O2/c1-12-9-14-7-8-21-11-16(14)17(19-12)18-10-13-3-5-15(20-2)6-4-13/h3-6,9H,7-8,10-11H2,1-2H3,(H,18,19). The molecule has 0 atom stereocenters. The highest BCUT2D eigenvalue weighted by Crippen LogP contribution is 2.25. The number of nitrogens with zero attached hydrogens (tertiary/aromatic N) is 1. The molecule has 0 saturated carbocycles. The second-order valence-electron chi connectivity index (χ2n) is 5.25. The molecule has 1 aliphatic heterocycles. The maximum Gasteiger partial charge on any atom is 0.132 e. The van der Waals surface area contributed by atoms with Gasteiger partial charge in [0, 0.05) is 17.8 Å². The van der Waals surface area contributed by atoms with Crippen molar-refractivity contribution < 1.29 is 9.47 Å². The van der Waals surface area contributed by atoms with Crippen molar-refractivity contribution in [1.82, 2.24) is 4.98 Å². The summed E-state index contributed by atoms with van der Waals surface area (Å²) < 4.78 is 10.7. The van der Waals surface area contributed by atoms with E-state index in [-0.39, 0.29) is 0 Å². The molecule has 1 aromatic heterocycles. The smallest absolute Gasteiger partial charge is 0.132 e. The number of pyridine rings is 1. The Bertz CT molecular complexity index is 623. The zero-order valence-electron chi connectivity index (χ0n) is 12.5. The number of methoxy groups -OCH3 is 1. The monoisotopic (exact) mass is 284 g/mol. The average molecular weight is 284 g/mol. The van der Waals surface area contributed by atoms with Gasteiger partial charge < -0.3 is 14.8 Å². The molecule has 3 rings (SSSR count). The summed E-state index contributed by atoms with van der Waals surface area (Å²) in [4.78, 5) is 4.62. The summed E-state index contributed by atoms with van der Waals surface area (Å²) in [6.07, 6.45) is 0.968. The van der Waals surface area contributed by atoms with Crippen LogP contribution in [-0.2, 0) is 24.3 Å². The minimum Gasteiger partial charge on any atom is -0.497 e. The molecule has 21 heavy (non-hydrogen) atoms.